The predicted molar refractivity (Wildman–Crippen MR) is 36.8 cm³/mol. The zero-order valence-electron chi connectivity index (χ0n) is 5.82. The van der Waals surface area contributed by atoms with E-state index in [0.29, 0.717) is 6.07 Å². The van der Waals surface area contributed by atoms with E-state index >= 15 is 0 Å². The quantitative estimate of drug-likeness (QED) is 0.414. The van der Waals surface area contributed by atoms with Crippen molar-refractivity contribution in [2.24, 2.45) is 0 Å². The van der Waals surface area contributed by atoms with Gasteiger partial charge in [-0.1, -0.05) is 17.6 Å². The Balaban J connectivity index is 3.14. The second-order valence-corrected chi connectivity index (χ2v) is 2.23. The van der Waals surface area contributed by atoms with Gasteiger partial charge in [-0.05, 0) is 6.07 Å². The molecule has 1 rings (SSSR count). The first-order valence-electron chi connectivity index (χ1n) is 3.03. The van der Waals surface area contributed by atoms with Crippen LogP contribution in [-0.4, -0.2) is 7.85 Å². The third kappa shape index (κ3) is 1.78. The number of halogens is 4. The fraction of sp³-hybridized carbons (Fsp3) is 0.143. The second-order valence-electron chi connectivity index (χ2n) is 2.23. The van der Waals surface area contributed by atoms with Crippen LogP contribution < -0.4 is 5.46 Å². The molecule has 2 radical (unpaired) electrons. The Bertz CT molecular complexity index is 292. The first-order chi connectivity index (χ1) is 5.41. The van der Waals surface area contributed by atoms with Crippen molar-refractivity contribution in [1.82, 2.24) is 0 Å². The summed E-state index contributed by atoms with van der Waals surface area (Å²) >= 11 is 0. The number of benzene rings is 1. The maximum absolute atomic E-state index is 12.5. The lowest BCUT2D eigenvalue weighted by molar-refractivity contribution is -0.137. The Labute approximate surface area is 67.6 Å². The van der Waals surface area contributed by atoms with Gasteiger partial charge in [0.15, 0.2) is 0 Å². The zero-order valence-corrected chi connectivity index (χ0v) is 5.82. The van der Waals surface area contributed by atoms with Crippen molar-refractivity contribution in [3.63, 3.8) is 0 Å². The molecular formula is C7H3BF4. The summed E-state index contributed by atoms with van der Waals surface area (Å²) in [5.74, 6) is -1.05. The average Bonchev–Trinajstić information content (AvgIpc) is 1.92. The van der Waals surface area contributed by atoms with E-state index in [9.17, 15) is 17.6 Å². The van der Waals surface area contributed by atoms with E-state index in [-0.39, 0.29) is 5.46 Å². The fourth-order valence-corrected chi connectivity index (χ4v) is 0.703. The van der Waals surface area contributed by atoms with Gasteiger partial charge < -0.3 is 0 Å². The minimum Gasteiger partial charge on any atom is -0.208 e. The Morgan fingerprint density at radius 3 is 2.17 bits per heavy atom. The molecule has 0 nitrogen and oxygen atoms in total. The Morgan fingerprint density at radius 2 is 1.75 bits per heavy atom. The van der Waals surface area contributed by atoms with Gasteiger partial charge >= 0.3 is 6.18 Å². The molecular weight excluding hydrogens is 171 g/mol. The Kier molecular flexibility index (Phi) is 2.13. The summed E-state index contributed by atoms with van der Waals surface area (Å²) < 4.78 is 48.2. The van der Waals surface area contributed by atoms with E-state index < -0.39 is 17.6 Å². The molecule has 0 amide bonds. The van der Waals surface area contributed by atoms with Crippen molar-refractivity contribution in [2.75, 3.05) is 0 Å². The largest absolute Gasteiger partial charge is 0.416 e. The Hall–Kier alpha value is -0.995. The maximum atomic E-state index is 12.5. The molecule has 0 unspecified atom stereocenters. The van der Waals surface area contributed by atoms with Crippen molar-refractivity contribution in [1.29, 1.82) is 0 Å². The van der Waals surface area contributed by atoms with Crippen LogP contribution >= 0.6 is 0 Å². The third-order valence-corrected chi connectivity index (χ3v) is 1.33. The molecule has 0 fully saturated rings. The molecule has 5 heteroatoms. The van der Waals surface area contributed by atoms with Gasteiger partial charge in [0, 0.05) is 0 Å². The van der Waals surface area contributed by atoms with E-state index in [1.807, 2.05) is 0 Å². The van der Waals surface area contributed by atoms with Crippen LogP contribution in [0.15, 0.2) is 18.2 Å². The van der Waals surface area contributed by atoms with Gasteiger partial charge in [0.25, 0.3) is 0 Å². The smallest absolute Gasteiger partial charge is 0.208 e. The molecule has 0 N–H and O–H groups in total. The van der Waals surface area contributed by atoms with Crippen LogP contribution in [-0.2, 0) is 6.18 Å². The summed E-state index contributed by atoms with van der Waals surface area (Å²) in [6, 6.07) is 1.99. The van der Waals surface area contributed by atoms with Gasteiger partial charge in [-0.3, -0.25) is 0 Å². The zero-order chi connectivity index (χ0) is 9.35. The molecule has 0 heterocycles. The molecule has 0 spiro atoms. The maximum Gasteiger partial charge on any atom is 0.416 e. The van der Waals surface area contributed by atoms with Gasteiger partial charge in [0.05, 0.1) is 5.56 Å². The molecule has 1 aromatic rings. The lowest BCUT2D eigenvalue weighted by atomic mass is 9.94. The number of rotatable bonds is 0. The van der Waals surface area contributed by atoms with E-state index in [4.69, 9.17) is 7.85 Å². The number of hydrogen-bond donors (Lipinski definition) is 0. The average molecular weight is 174 g/mol. The van der Waals surface area contributed by atoms with Crippen molar-refractivity contribution >= 4 is 13.3 Å². The van der Waals surface area contributed by atoms with Gasteiger partial charge in [-0.15, -0.1) is 0 Å². The van der Waals surface area contributed by atoms with Crippen LogP contribution in [0, 0.1) is 5.82 Å². The molecule has 0 atom stereocenters. The molecule has 0 aromatic heterocycles. The molecule has 0 bridgehead atoms. The van der Waals surface area contributed by atoms with E-state index in [1.54, 1.807) is 0 Å². The van der Waals surface area contributed by atoms with E-state index in [0.717, 1.165) is 12.1 Å². The van der Waals surface area contributed by atoms with Crippen LogP contribution in [0.3, 0.4) is 0 Å². The molecule has 62 valence electrons. The number of alkyl halides is 3. The van der Waals surface area contributed by atoms with Gasteiger partial charge in [0.1, 0.15) is 13.7 Å². The summed E-state index contributed by atoms with van der Waals surface area (Å²) in [6.45, 7) is 0. The lowest BCUT2D eigenvalue weighted by Crippen LogP contribution is -2.12. The fourth-order valence-electron chi connectivity index (χ4n) is 0.703. The predicted octanol–water partition coefficient (Wildman–Crippen LogP) is 1.64. The minimum atomic E-state index is -4.52. The van der Waals surface area contributed by atoms with Crippen LogP contribution in [0.1, 0.15) is 5.56 Å². The summed E-state index contributed by atoms with van der Waals surface area (Å²) in [5, 5.41) is 0. The normalized spacial score (nSPS) is 11.7. The third-order valence-electron chi connectivity index (χ3n) is 1.33. The topological polar surface area (TPSA) is 0 Å². The van der Waals surface area contributed by atoms with Crippen molar-refractivity contribution in [2.45, 2.75) is 6.18 Å². The van der Waals surface area contributed by atoms with Crippen LogP contribution in [0.25, 0.3) is 0 Å². The van der Waals surface area contributed by atoms with Crippen LogP contribution in [0.5, 0.6) is 0 Å². The highest BCUT2D eigenvalue weighted by atomic mass is 19.4. The highest BCUT2D eigenvalue weighted by Gasteiger charge is 2.30. The summed E-state index contributed by atoms with van der Waals surface area (Å²) in [5.41, 5.74) is -1.32. The van der Waals surface area contributed by atoms with Crippen LogP contribution in [0.2, 0.25) is 0 Å². The molecule has 0 aliphatic rings. The van der Waals surface area contributed by atoms with Crippen molar-refractivity contribution < 1.29 is 17.6 Å². The van der Waals surface area contributed by atoms with Crippen LogP contribution in [0.4, 0.5) is 17.6 Å². The highest BCUT2D eigenvalue weighted by Crippen LogP contribution is 2.28. The Morgan fingerprint density at radius 1 is 1.17 bits per heavy atom. The lowest BCUT2D eigenvalue weighted by Gasteiger charge is -2.06. The standard InChI is InChI=1S/C7H3BF4/c8-5-2-1-4(3-6(5)9)7(10,11)12/h1-3H. The molecule has 0 aliphatic heterocycles. The summed E-state index contributed by atoms with van der Waals surface area (Å²) in [6.07, 6.45) is -4.52. The van der Waals surface area contributed by atoms with Crippen molar-refractivity contribution in [3.8, 4) is 0 Å². The first-order valence-corrected chi connectivity index (χ1v) is 3.03. The molecule has 12 heavy (non-hydrogen) atoms. The summed E-state index contributed by atoms with van der Waals surface area (Å²) in [4.78, 5) is 0. The van der Waals surface area contributed by atoms with E-state index in [2.05, 4.69) is 0 Å². The molecule has 0 saturated heterocycles. The van der Waals surface area contributed by atoms with E-state index in [1.165, 1.54) is 0 Å². The highest BCUT2D eigenvalue weighted by molar-refractivity contribution is 6.32. The second kappa shape index (κ2) is 2.81. The van der Waals surface area contributed by atoms with Gasteiger partial charge in [-0.25, -0.2) is 4.39 Å². The molecule has 0 saturated carbocycles. The molecule has 1 aromatic carbocycles. The van der Waals surface area contributed by atoms with Crippen molar-refractivity contribution in [3.05, 3.63) is 29.6 Å². The molecule has 0 aliphatic carbocycles. The minimum absolute atomic E-state index is 0.289. The summed E-state index contributed by atoms with van der Waals surface area (Å²) in [7, 11) is 4.99. The monoisotopic (exact) mass is 174 g/mol. The number of hydrogen-bond acceptors (Lipinski definition) is 0. The SMILES string of the molecule is [B]c1ccc(C(F)(F)F)cc1F. The van der Waals surface area contributed by atoms with Gasteiger partial charge in [0.2, 0.25) is 0 Å². The van der Waals surface area contributed by atoms with Gasteiger partial charge in [-0.2, -0.15) is 13.2 Å². The first kappa shape index (κ1) is 9.10.